The van der Waals surface area contributed by atoms with Crippen molar-refractivity contribution in [3.63, 3.8) is 0 Å². The Morgan fingerprint density at radius 2 is 1.70 bits per heavy atom. The van der Waals surface area contributed by atoms with Crippen LogP contribution in [0, 0.1) is 13.8 Å². The third-order valence-corrected chi connectivity index (χ3v) is 5.86. The number of benzene rings is 3. The summed E-state index contributed by atoms with van der Waals surface area (Å²) in [4.78, 5) is 12.9. The van der Waals surface area contributed by atoms with Crippen molar-refractivity contribution in [3.05, 3.63) is 88.2 Å². The van der Waals surface area contributed by atoms with Crippen molar-refractivity contribution in [1.29, 1.82) is 0 Å². The average molecular weight is 462 g/mol. The molecule has 7 heteroatoms. The predicted molar refractivity (Wildman–Crippen MR) is 132 cm³/mol. The zero-order valence-corrected chi connectivity index (χ0v) is 19.6. The van der Waals surface area contributed by atoms with Gasteiger partial charge < -0.3 is 14.0 Å². The van der Waals surface area contributed by atoms with Crippen LogP contribution in [-0.4, -0.2) is 30.9 Å². The molecule has 0 unspecified atom stereocenters. The molecule has 0 aliphatic carbocycles. The van der Waals surface area contributed by atoms with Gasteiger partial charge in [0.05, 0.1) is 31.0 Å². The van der Waals surface area contributed by atoms with E-state index in [9.17, 15) is 4.79 Å². The van der Waals surface area contributed by atoms with Gasteiger partial charge in [0, 0.05) is 22.6 Å². The molecule has 0 aliphatic heterocycles. The molecule has 33 heavy (non-hydrogen) atoms. The van der Waals surface area contributed by atoms with Crippen LogP contribution in [0.25, 0.3) is 16.5 Å². The maximum absolute atomic E-state index is 12.9. The first-order chi connectivity index (χ1) is 15.9. The number of rotatable bonds is 6. The molecule has 4 rings (SSSR count). The zero-order valence-electron chi connectivity index (χ0n) is 18.8. The topological polar surface area (TPSA) is 64.8 Å². The third-order valence-electron chi connectivity index (χ3n) is 5.53. The van der Waals surface area contributed by atoms with Crippen LogP contribution >= 0.6 is 11.6 Å². The van der Waals surface area contributed by atoms with E-state index in [1.807, 2.05) is 62.4 Å². The number of hydrazone groups is 1. The molecule has 4 aromatic rings. The van der Waals surface area contributed by atoms with Crippen LogP contribution in [0.2, 0.25) is 5.02 Å². The smallest absolute Gasteiger partial charge is 0.272 e. The first-order valence-corrected chi connectivity index (χ1v) is 10.7. The van der Waals surface area contributed by atoms with Crippen LogP contribution in [0.3, 0.4) is 0 Å². The molecule has 1 N–H and O–H groups in total. The number of hydrogen-bond acceptors (Lipinski definition) is 4. The number of aromatic nitrogens is 1. The summed E-state index contributed by atoms with van der Waals surface area (Å²) in [5.74, 6) is 0.943. The van der Waals surface area contributed by atoms with E-state index in [1.165, 1.54) is 0 Å². The number of carbonyl (C=O) groups is 1. The highest BCUT2D eigenvalue weighted by Crippen LogP contribution is 2.29. The summed E-state index contributed by atoms with van der Waals surface area (Å²) in [7, 11) is 3.21. The Balaban J connectivity index is 1.64. The lowest BCUT2D eigenvalue weighted by molar-refractivity contribution is 0.0955. The van der Waals surface area contributed by atoms with Crippen LogP contribution < -0.4 is 14.9 Å². The van der Waals surface area contributed by atoms with Crippen molar-refractivity contribution < 1.29 is 14.3 Å². The van der Waals surface area contributed by atoms with Crippen LogP contribution in [0.1, 0.15) is 27.3 Å². The molecular weight excluding hydrogens is 438 g/mol. The molecule has 168 valence electrons. The minimum absolute atomic E-state index is 0.338. The Bertz CT molecular complexity index is 1350. The second-order valence-corrected chi connectivity index (χ2v) is 7.99. The molecule has 0 saturated heterocycles. The summed E-state index contributed by atoms with van der Waals surface area (Å²) in [6.45, 7) is 4.02. The molecule has 1 heterocycles. The number of nitrogens with one attached hydrogen (secondary N) is 1. The number of halogens is 1. The number of aryl methyl sites for hydroxylation is 2. The molecule has 0 spiro atoms. The van der Waals surface area contributed by atoms with Crippen LogP contribution in [0.5, 0.6) is 11.5 Å². The van der Waals surface area contributed by atoms with Gasteiger partial charge in [-0.15, -0.1) is 0 Å². The standard InChI is InChI=1S/C26H24ClN3O3/c1-16-5-6-17(2)30(16)19-9-11-24(27)22(13-19)26(31)29-28-15-23-21-14-20(32-3)10-7-18(21)8-12-25(23)33-4/h5-15H,1-4H3,(H,29,31). The molecule has 1 aromatic heterocycles. The molecule has 0 aliphatic rings. The number of ether oxygens (including phenoxy) is 2. The van der Waals surface area contributed by atoms with Gasteiger partial charge in [-0.1, -0.05) is 23.7 Å². The number of carbonyl (C=O) groups excluding carboxylic acids is 1. The molecule has 0 fully saturated rings. The summed E-state index contributed by atoms with van der Waals surface area (Å²) in [5, 5.41) is 6.43. The highest BCUT2D eigenvalue weighted by atomic mass is 35.5. The highest BCUT2D eigenvalue weighted by Gasteiger charge is 2.14. The van der Waals surface area contributed by atoms with Gasteiger partial charge in [0.15, 0.2) is 0 Å². The fourth-order valence-corrected chi connectivity index (χ4v) is 4.06. The number of nitrogens with zero attached hydrogens (tertiary/aromatic N) is 2. The third kappa shape index (κ3) is 4.43. The number of methoxy groups -OCH3 is 2. The van der Waals surface area contributed by atoms with Crippen molar-refractivity contribution in [1.82, 2.24) is 9.99 Å². The van der Waals surface area contributed by atoms with E-state index in [1.54, 1.807) is 32.6 Å². The number of fused-ring (bicyclic) bond motifs is 1. The number of amides is 1. The Morgan fingerprint density at radius 1 is 0.970 bits per heavy atom. The normalized spacial score (nSPS) is 11.2. The highest BCUT2D eigenvalue weighted by molar-refractivity contribution is 6.34. The van der Waals surface area contributed by atoms with E-state index < -0.39 is 5.91 Å². The summed E-state index contributed by atoms with van der Waals surface area (Å²) < 4.78 is 12.9. The van der Waals surface area contributed by atoms with Gasteiger partial charge in [0.2, 0.25) is 0 Å². The zero-order chi connectivity index (χ0) is 23.5. The lowest BCUT2D eigenvalue weighted by Gasteiger charge is -2.12. The molecule has 0 radical (unpaired) electrons. The van der Waals surface area contributed by atoms with E-state index in [-0.39, 0.29) is 0 Å². The van der Waals surface area contributed by atoms with Gasteiger partial charge in [-0.2, -0.15) is 5.10 Å². The predicted octanol–water partition coefficient (Wildman–Crippen LogP) is 5.68. The second kappa shape index (κ2) is 9.38. The van der Waals surface area contributed by atoms with Gasteiger partial charge in [0.25, 0.3) is 5.91 Å². The van der Waals surface area contributed by atoms with Crippen molar-refractivity contribution in [2.24, 2.45) is 5.10 Å². The molecule has 0 atom stereocenters. The summed E-state index contributed by atoms with van der Waals surface area (Å²) >= 11 is 6.33. The Hall–Kier alpha value is -3.77. The molecule has 1 amide bonds. The first kappa shape index (κ1) is 22.4. The Kier molecular flexibility index (Phi) is 6.38. The Morgan fingerprint density at radius 3 is 2.39 bits per heavy atom. The summed E-state index contributed by atoms with van der Waals surface area (Å²) in [6.07, 6.45) is 1.57. The molecule has 0 saturated carbocycles. The molecule has 6 nitrogen and oxygen atoms in total. The minimum atomic E-state index is -0.405. The number of hydrogen-bond donors (Lipinski definition) is 1. The van der Waals surface area contributed by atoms with Gasteiger partial charge in [-0.05, 0) is 73.2 Å². The minimum Gasteiger partial charge on any atom is -0.497 e. The van der Waals surface area contributed by atoms with Crippen LogP contribution in [0.15, 0.2) is 65.8 Å². The molecule has 3 aromatic carbocycles. The largest absolute Gasteiger partial charge is 0.497 e. The Labute approximate surface area is 197 Å². The average Bonchev–Trinajstić information content (AvgIpc) is 3.16. The quantitative estimate of drug-likeness (QED) is 0.296. The maximum Gasteiger partial charge on any atom is 0.272 e. The fraction of sp³-hybridized carbons (Fsp3) is 0.154. The van der Waals surface area contributed by atoms with Gasteiger partial charge in [-0.3, -0.25) is 4.79 Å². The van der Waals surface area contributed by atoms with E-state index in [4.69, 9.17) is 21.1 Å². The summed E-state index contributed by atoms with van der Waals surface area (Å²) in [5.41, 5.74) is 6.64. The van der Waals surface area contributed by atoms with Crippen LogP contribution in [-0.2, 0) is 0 Å². The van der Waals surface area contributed by atoms with Gasteiger partial charge in [-0.25, -0.2) is 5.43 Å². The van der Waals surface area contributed by atoms with E-state index in [2.05, 4.69) is 15.1 Å². The second-order valence-electron chi connectivity index (χ2n) is 7.58. The van der Waals surface area contributed by atoms with Crippen molar-refractivity contribution in [3.8, 4) is 17.2 Å². The van der Waals surface area contributed by atoms with Crippen molar-refractivity contribution in [2.75, 3.05) is 14.2 Å². The molecule has 0 bridgehead atoms. The van der Waals surface area contributed by atoms with E-state index in [0.717, 1.165) is 33.4 Å². The van der Waals surface area contributed by atoms with E-state index >= 15 is 0 Å². The van der Waals surface area contributed by atoms with Crippen molar-refractivity contribution in [2.45, 2.75) is 13.8 Å². The summed E-state index contributed by atoms with van der Waals surface area (Å²) in [6, 6.07) is 19.0. The van der Waals surface area contributed by atoms with E-state index in [0.29, 0.717) is 22.1 Å². The van der Waals surface area contributed by atoms with Crippen LogP contribution in [0.4, 0.5) is 0 Å². The monoisotopic (exact) mass is 461 g/mol. The SMILES string of the molecule is COc1ccc2ccc(OC)c(C=NNC(=O)c3cc(-n4c(C)ccc4C)ccc3Cl)c2c1. The molecular formula is C26H24ClN3O3. The first-order valence-electron chi connectivity index (χ1n) is 10.4. The lowest BCUT2D eigenvalue weighted by Crippen LogP contribution is -2.18. The van der Waals surface area contributed by atoms with Gasteiger partial charge >= 0.3 is 0 Å². The van der Waals surface area contributed by atoms with Gasteiger partial charge in [0.1, 0.15) is 11.5 Å². The maximum atomic E-state index is 12.9. The lowest BCUT2D eigenvalue weighted by atomic mass is 10.0. The fourth-order valence-electron chi connectivity index (χ4n) is 3.86. The van der Waals surface area contributed by atoms with Crippen molar-refractivity contribution >= 4 is 34.5 Å².